The van der Waals surface area contributed by atoms with E-state index in [1.54, 1.807) is 60.7 Å². The molecule has 202 valence electrons. The predicted octanol–water partition coefficient (Wildman–Crippen LogP) is 3.26. The fourth-order valence-electron chi connectivity index (χ4n) is 3.41. The number of unbranched alkanes of at least 4 members (excludes halogenated alkanes) is 1. The normalized spacial score (nSPS) is 11.9. The number of ether oxygens (including phenoxy) is 4. The molecule has 0 bridgehead atoms. The van der Waals surface area contributed by atoms with E-state index in [2.05, 4.69) is 0 Å². The first kappa shape index (κ1) is 29.9. The zero-order valence-corrected chi connectivity index (χ0v) is 21.3. The molecule has 2 aromatic carbocycles. The van der Waals surface area contributed by atoms with Crippen LogP contribution in [-0.2, 0) is 38.1 Å². The van der Waals surface area contributed by atoms with Crippen molar-refractivity contribution in [1.29, 1.82) is 0 Å². The summed E-state index contributed by atoms with van der Waals surface area (Å²) in [6.07, 6.45) is -1.44. The zero-order chi connectivity index (χ0) is 27.9. The number of carbonyl (C=O) groups excluding carboxylic acids is 6. The molecule has 0 saturated heterocycles. The van der Waals surface area contributed by atoms with Gasteiger partial charge in [-0.3, -0.25) is 19.2 Å². The van der Waals surface area contributed by atoms with Crippen LogP contribution in [0.25, 0.3) is 0 Å². The molecule has 2 unspecified atom stereocenters. The molecule has 0 heterocycles. The highest BCUT2D eigenvalue weighted by molar-refractivity contribution is 5.93. The van der Waals surface area contributed by atoms with E-state index in [1.807, 2.05) is 0 Å². The minimum Gasteiger partial charge on any atom is -0.454 e. The van der Waals surface area contributed by atoms with Crippen molar-refractivity contribution in [3.63, 3.8) is 0 Å². The van der Waals surface area contributed by atoms with Gasteiger partial charge in [0.2, 0.25) is 11.6 Å². The molecule has 0 radical (unpaired) electrons. The molecule has 0 fully saturated rings. The second kappa shape index (κ2) is 15.7. The summed E-state index contributed by atoms with van der Waals surface area (Å²) in [7, 11) is 0. The highest BCUT2D eigenvalue weighted by atomic mass is 16.6. The second-order valence-corrected chi connectivity index (χ2v) is 8.30. The monoisotopic (exact) mass is 526 g/mol. The Morgan fingerprint density at radius 2 is 0.921 bits per heavy atom. The lowest BCUT2D eigenvalue weighted by atomic mass is 10.0. The standard InChI is InChI=1S/C28H30O10/c1-19(29)37-25(23(31)17-35-27(33)21-11-5-3-6-12-21)15-9-10-16-26(38-20(2)30)24(32)18-36-28(34)22-13-7-4-8-14-22/h3-8,11-14,25-26H,9-10,15-18H2,1-2H3. The summed E-state index contributed by atoms with van der Waals surface area (Å²) in [6.45, 7) is 1.16. The van der Waals surface area contributed by atoms with Crippen LogP contribution in [0, 0.1) is 0 Å². The molecule has 0 spiro atoms. The van der Waals surface area contributed by atoms with Gasteiger partial charge < -0.3 is 18.9 Å². The minimum atomic E-state index is -1.15. The van der Waals surface area contributed by atoms with E-state index in [1.165, 1.54) is 0 Å². The second-order valence-electron chi connectivity index (χ2n) is 8.30. The molecule has 2 atom stereocenters. The van der Waals surface area contributed by atoms with Crippen LogP contribution < -0.4 is 0 Å². The lowest BCUT2D eigenvalue weighted by molar-refractivity contribution is -0.155. The fourth-order valence-corrected chi connectivity index (χ4v) is 3.41. The highest BCUT2D eigenvalue weighted by Gasteiger charge is 2.25. The van der Waals surface area contributed by atoms with Crippen LogP contribution in [0.3, 0.4) is 0 Å². The Labute approximate surface area is 220 Å². The number of hydrogen-bond donors (Lipinski definition) is 0. The van der Waals surface area contributed by atoms with Crippen LogP contribution in [0.4, 0.5) is 0 Å². The number of carbonyl (C=O) groups is 6. The molecule has 0 aliphatic heterocycles. The summed E-state index contributed by atoms with van der Waals surface area (Å²) in [5.74, 6) is -3.90. The van der Waals surface area contributed by atoms with Gasteiger partial charge in [-0.05, 0) is 49.9 Å². The Hall–Kier alpha value is -4.34. The Bertz CT molecular complexity index is 1020. The Morgan fingerprint density at radius 1 is 0.579 bits per heavy atom. The third-order valence-electron chi connectivity index (χ3n) is 5.23. The maximum Gasteiger partial charge on any atom is 0.338 e. The zero-order valence-electron chi connectivity index (χ0n) is 21.3. The molecule has 0 amide bonds. The van der Waals surface area contributed by atoms with E-state index in [4.69, 9.17) is 18.9 Å². The van der Waals surface area contributed by atoms with Crippen LogP contribution in [0.15, 0.2) is 60.7 Å². The average Bonchev–Trinajstić information content (AvgIpc) is 2.91. The Balaban J connectivity index is 1.85. The molecule has 0 saturated carbocycles. The fraction of sp³-hybridized carbons (Fsp3) is 0.357. The van der Waals surface area contributed by atoms with Crippen molar-refractivity contribution in [2.45, 2.75) is 51.7 Å². The summed E-state index contributed by atoms with van der Waals surface area (Å²) in [5, 5.41) is 0. The Morgan fingerprint density at radius 3 is 1.24 bits per heavy atom. The number of benzene rings is 2. The molecule has 38 heavy (non-hydrogen) atoms. The molecule has 2 rings (SSSR count). The van der Waals surface area contributed by atoms with Crippen molar-refractivity contribution >= 4 is 35.4 Å². The third kappa shape index (κ3) is 10.7. The van der Waals surface area contributed by atoms with Crippen molar-refractivity contribution < 1.29 is 47.7 Å². The van der Waals surface area contributed by atoms with Crippen LogP contribution in [0.5, 0.6) is 0 Å². The molecule has 0 aliphatic carbocycles. The molecular formula is C28H30O10. The lowest BCUT2D eigenvalue weighted by Crippen LogP contribution is -2.32. The van der Waals surface area contributed by atoms with Crippen molar-refractivity contribution in [2.75, 3.05) is 13.2 Å². The predicted molar refractivity (Wildman–Crippen MR) is 133 cm³/mol. The molecule has 10 nitrogen and oxygen atoms in total. The first-order valence-corrected chi connectivity index (χ1v) is 12.0. The van der Waals surface area contributed by atoms with Crippen LogP contribution in [-0.4, -0.2) is 60.9 Å². The number of hydrogen-bond acceptors (Lipinski definition) is 10. The highest BCUT2D eigenvalue weighted by Crippen LogP contribution is 2.14. The van der Waals surface area contributed by atoms with E-state index in [0.717, 1.165) is 13.8 Å². The summed E-state index contributed by atoms with van der Waals surface area (Å²) in [4.78, 5) is 72.2. The maximum atomic E-state index is 12.5. The quantitative estimate of drug-likeness (QED) is 0.193. The molecule has 0 aliphatic rings. The molecular weight excluding hydrogens is 496 g/mol. The van der Waals surface area contributed by atoms with E-state index in [0.29, 0.717) is 12.8 Å². The first-order valence-electron chi connectivity index (χ1n) is 12.0. The summed E-state index contributed by atoms with van der Waals surface area (Å²) < 4.78 is 20.2. The topological polar surface area (TPSA) is 139 Å². The van der Waals surface area contributed by atoms with Gasteiger partial charge in [0.15, 0.2) is 25.4 Å². The minimum absolute atomic E-state index is 0.102. The SMILES string of the molecule is CC(=O)OC(CCCCC(OC(C)=O)C(=O)COC(=O)c1ccccc1)C(=O)COC(=O)c1ccccc1. The maximum absolute atomic E-state index is 12.5. The smallest absolute Gasteiger partial charge is 0.338 e. The molecule has 2 aromatic rings. The van der Waals surface area contributed by atoms with Gasteiger partial charge >= 0.3 is 23.9 Å². The van der Waals surface area contributed by atoms with Crippen molar-refractivity contribution in [2.24, 2.45) is 0 Å². The van der Waals surface area contributed by atoms with E-state index >= 15 is 0 Å². The summed E-state index contributed by atoms with van der Waals surface area (Å²) in [6, 6.07) is 16.2. The number of Topliss-reactive ketones (excluding diaryl/α,β-unsaturated/α-hetero) is 2. The molecule has 0 aromatic heterocycles. The number of rotatable bonds is 15. The summed E-state index contributed by atoms with van der Waals surface area (Å²) in [5.41, 5.74) is 0.555. The van der Waals surface area contributed by atoms with Gasteiger partial charge in [0.1, 0.15) is 0 Å². The van der Waals surface area contributed by atoms with Gasteiger partial charge in [0, 0.05) is 13.8 Å². The Kier molecular flexibility index (Phi) is 12.4. The van der Waals surface area contributed by atoms with Gasteiger partial charge in [-0.15, -0.1) is 0 Å². The van der Waals surface area contributed by atoms with Gasteiger partial charge in [-0.2, -0.15) is 0 Å². The van der Waals surface area contributed by atoms with Crippen molar-refractivity contribution in [1.82, 2.24) is 0 Å². The van der Waals surface area contributed by atoms with E-state index in [9.17, 15) is 28.8 Å². The average molecular weight is 527 g/mol. The van der Waals surface area contributed by atoms with Gasteiger partial charge in [-0.1, -0.05) is 36.4 Å². The largest absolute Gasteiger partial charge is 0.454 e. The molecule has 0 N–H and O–H groups in total. The van der Waals surface area contributed by atoms with Gasteiger partial charge in [0.05, 0.1) is 11.1 Å². The first-order chi connectivity index (χ1) is 18.2. The number of ketones is 2. The summed E-state index contributed by atoms with van der Waals surface area (Å²) >= 11 is 0. The third-order valence-corrected chi connectivity index (χ3v) is 5.23. The van der Waals surface area contributed by atoms with Crippen LogP contribution in [0.2, 0.25) is 0 Å². The lowest BCUT2D eigenvalue weighted by Gasteiger charge is -2.18. The van der Waals surface area contributed by atoms with E-state index in [-0.39, 0.29) is 24.0 Å². The van der Waals surface area contributed by atoms with Crippen molar-refractivity contribution in [3.05, 3.63) is 71.8 Å². The number of esters is 4. The van der Waals surface area contributed by atoms with Crippen LogP contribution >= 0.6 is 0 Å². The van der Waals surface area contributed by atoms with Crippen molar-refractivity contribution in [3.8, 4) is 0 Å². The van der Waals surface area contributed by atoms with Gasteiger partial charge in [0.25, 0.3) is 0 Å². The van der Waals surface area contributed by atoms with E-state index < -0.39 is 60.9 Å². The van der Waals surface area contributed by atoms with Gasteiger partial charge in [-0.25, -0.2) is 9.59 Å². The molecule has 10 heteroatoms. The van der Waals surface area contributed by atoms with Crippen LogP contribution in [0.1, 0.15) is 60.2 Å².